The first-order valence-electron chi connectivity index (χ1n) is 4.02. The Hall–Kier alpha value is -0.600. The summed E-state index contributed by atoms with van der Waals surface area (Å²) in [7, 11) is 0. The molecule has 0 fully saturated rings. The Bertz CT molecular complexity index is 334. The van der Waals surface area contributed by atoms with E-state index in [4.69, 9.17) is 23.2 Å². The fourth-order valence-electron chi connectivity index (χ4n) is 1.08. The molecule has 0 amide bonds. The molecule has 0 aromatic carbocycles. The largest absolute Gasteiger partial charge is 0.225 e. The van der Waals surface area contributed by atoms with E-state index >= 15 is 0 Å². The number of hydrogen-bond acceptors (Lipinski definition) is 2. The van der Waals surface area contributed by atoms with Gasteiger partial charge in [0.25, 0.3) is 0 Å². The monoisotopic (exact) mass is 216 g/mol. The van der Waals surface area contributed by atoms with Crippen molar-refractivity contribution in [3.05, 3.63) is 28.3 Å². The molecule has 70 valence electrons. The number of aromatic nitrogens is 2. The van der Waals surface area contributed by atoms with Gasteiger partial charge in [0, 0.05) is 0 Å². The summed E-state index contributed by atoms with van der Waals surface area (Å²) < 4.78 is 0. The van der Waals surface area contributed by atoms with Gasteiger partial charge in [0.1, 0.15) is 0 Å². The highest BCUT2D eigenvalue weighted by Gasteiger charge is 2.07. The first-order valence-corrected chi connectivity index (χ1v) is 4.78. The molecule has 4 heteroatoms. The first kappa shape index (κ1) is 10.5. The van der Waals surface area contributed by atoms with E-state index in [1.165, 1.54) is 6.20 Å². The average Bonchev–Trinajstić information content (AvgIpc) is 2.13. The Labute approximate surface area is 87.6 Å². The summed E-state index contributed by atoms with van der Waals surface area (Å²) in [5.41, 5.74) is 1.81. The van der Waals surface area contributed by atoms with Crippen molar-refractivity contribution in [1.82, 2.24) is 9.97 Å². The van der Waals surface area contributed by atoms with Gasteiger partial charge in [-0.2, -0.15) is 0 Å². The standard InChI is InChI=1S/C9H10Cl2N2/c1-3-6(4-2)8-7(10)5-12-9(11)13-8/h3,5H,4H2,1-2H3/b6-3+. The molecular formula is C9H10Cl2N2. The van der Waals surface area contributed by atoms with Gasteiger partial charge in [-0.3, -0.25) is 0 Å². The summed E-state index contributed by atoms with van der Waals surface area (Å²) in [6, 6.07) is 0. The Morgan fingerprint density at radius 1 is 1.54 bits per heavy atom. The Balaban J connectivity index is 3.19. The van der Waals surface area contributed by atoms with E-state index < -0.39 is 0 Å². The molecule has 2 nitrogen and oxygen atoms in total. The number of halogens is 2. The number of allylic oxidation sites excluding steroid dienone is 2. The second-order valence-corrected chi connectivity index (χ2v) is 3.25. The molecule has 1 heterocycles. The van der Waals surface area contributed by atoms with Gasteiger partial charge in [-0.05, 0) is 30.5 Å². The van der Waals surface area contributed by atoms with Crippen molar-refractivity contribution in [2.45, 2.75) is 20.3 Å². The Morgan fingerprint density at radius 2 is 2.23 bits per heavy atom. The van der Waals surface area contributed by atoms with Gasteiger partial charge in [0.05, 0.1) is 16.9 Å². The average molecular weight is 217 g/mol. The molecule has 0 spiro atoms. The van der Waals surface area contributed by atoms with Crippen molar-refractivity contribution < 1.29 is 0 Å². The summed E-state index contributed by atoms with van der Waals surface area (Å²) >= 11 is 11.6. The lowest BCUT2D eigenvalue weighted by atomic mass is 10.1. The molecule has 0 aliphatic carbocycles. The van der Waals surface area contributed by atoms with Gasteiger partial charge in [-0.25, -0.2) is 9.97 Å². The van der Waals surface area contributed by atoms with E-state index in [9.17, 15) is 0 Å². The fourth-order valence-corrected chi connectivity index (χ4v) is 1.42. The van der Waals surface area contributed by atoms with Crippen LogP contribution in [0.4, 0.5) is 0 Å². The van der Waals surface area contributed by atoms with E-state index in [1.54, 1.807) is 0 Å². The van der Waals surface area contributed by atoms with E-state index in [-0.39, 0.29) is 5.28 Å². The molecule has 13 heavy (non-hydrogen) atoms. The normalized spacial score (nSPS) is 11.8. The summed E-state index contributed by atoms with van der Waals surface area (Å²) in [4.78, 5) is 7.85. The topological polar surface area (TPSA) is 25.8 Å². The van der Waals surface area contributed by atoms with Crippen LogP contribution in [0.25, 0.3) is 5.57 Å². The lowest BCUT2D eigenvalue weighted by Crippen LogP contribution is -1.92. The van der Waals surface area contributed by atoms with Gasteiger partial charge < -0.3 is 0 Å². The van der Waals surface area contributed by atoms with Crippen molar-refractivity contribution in [2.75, 3.05) is 0 Å². The quantitative estimate of drug-likeness (QED) is 0.707. The SMILES string of the molecule is C/C=C(\CC)c1nc(Cl)ncc1Cl. The minimum atomic E-state index is 0.229. The van der Waals surface area contributed by atoms with Crippen molar-refractivity contribution in [1.29, 1.82) is 0 Å². The zero-order chi connectivity index (χ0) is 9.84. The highest BCUT2D eigenvalue weighted by Crippen LogP contribution is 2.24. The van der Waals surface area contributed by atoms with Crippen LogP contribution < -0.4 is 0 Å². The van der Waals surface area contributed by atoms with E-state index in [0.717, 1.165) is 17.7 Å². The minimum absolute atomic E-state index is 0.229. The third-order valence-electron chi connectivity index (χ3n) is 1.75. The maximum absolute atomic E-state index is 5.92. The molecule has 0 radical (unpaired) electrons. The summed E-state index contributed by atoms with van der Waals surface area (Å²) in [5, 5.41) is 0.770. The highest BCUT2D eigenvalue weighted by atomic mass is 35.5. The molecule has 0 aliphatic rings. The van der Waals surface area contributed by atoms with Crippen LogP contribution in [0.3, 0.4) is 0 Å². The van der Waals surface area contributed by atoms with E-state index in [1.807, 2.05) is 19.9 Å². The molecule has 0 bridgehead atoms. The molecule has 0 saturated heterocycles. The van der Waals surface area contributed by atoms with Crippen LogP contribution in [0.5, 0.6) is 0 Å². The molecule has 0 atom stereocenters. The second kappa shape index (κ2) is 4.58. The first-order chi connectivity index (χ1) is 6.19. The molecule has 0 aliphatic heterocycles. The predicted octanol–water partition coefficient (Wildman–Crippen LogP) is 3.60. The van der Waals surface area contributed by atoms with E-state index in [0.29, 0.717) is 5.02 Å². The highest BCUT2D eigenvalue weighted by molar-refractivity contribution is 6.32. The summed E-state index contributed by atoms with van der Waals surface area (Å²) in [5.74, 6) is 0. The fraction of sp³-hybridized carbons (Fsp3) is 0.333. The van der Waals surface area contributed by atoms with Gasteiger partial charge in [-0.1, -0.05) is 24.6 Å². The van der Waals surface area contributed by atoms with Crippen molar-refractivity contribution >= 4 is 28.8 Å². The number of hydrogen-bond donors (Lipinski definition) is 0. The smallest absolute Gasteiger partial charge is 0.222 e. The zero-order valence-electron chi connectivity index (χ0n) is 7.51. The molecule has 1 aromatic heterocycles. The van der Waals surface area contributed by atoms with Gasteiger partial charge >= 0.3 is 0 Å². The van der Waals surface area contributed by atoms with Crippen molar-refractivity contribution in [2.24, 2.45) is 0 Å². The Morgan fingerprint density at radius 3 is 2.77 bits per heavy atom. The van der Waals surface area contributed by atoms with Crippen LogP contribution in [-0.4, -0.2) is 9.97 Å². The van der Waals surface area contributed by atoms with Crippen LogP contribution in [-0.2, 0) is 0 Å². The van der Waals surface area contributed by atoms with Crippen LogP contribution in [0.2, 0.25) is 10.3 Å². The molecule has 1 rings (SSSR count). The number of nitrogens with zero attached hydrogens (tertiary/aromatic N) is 2. The zero-order valence-corrected chi connectivity index (χ0v) is 9.02. The predicted molar refractivity (Wildman–Crippen MR) is 56.0 cm³/mol. The molecule has 0 N–H and O–H groups in total. The van der Waals surface area contributed by atoms with Crippen LogP contribution in [0, 0.1) is 0 Å². The third kappa shape index (κ3) is 2.42. The van der Waals surface area contributed by atoms with E-state index in [2.05, 4.69) is 9.97 Å². The lowest BCUT2D eigenvalue weighted by Gasteiger charge is -2.04. The maximum atomic E-state index is 5.92. The minimum Gasteiger partial charge on any atom is -0.225 e. The van der Waals surface area contributed by atoms with Crippen LogP contribution in [0.15, 0.2) is 12.3 Å². The summed E-state index contributed by atoms with van der Waals surface area (Å²) in [6.45, 7) is 3.99. The van der Waals surface area contributed by atoms with Crippen molar-refractivity contribution in [3.63, 3.8) is 0 Å². The molecular weight excluding hydrogens is 207 g/mol. The van der Waals surface area contributed by atoms with Gasteiger partial charge in [0.15, 0.2) is 0 Å². The number of rotatable bonds is 2. The van der Waals surface area contributed by atoms with Crippen LogP contribution in [0.1, 0.15) is 26.0 Å². The van der Waals surface area contributed by atoms with Crippen molar-refractivity contribution in [3.8, 4) is 0 Å². The Kier molecular flexibility index (Phi) is 3.70. The molecule has 0 unspecified atom stereocenters. The summed E-state index contributed by atoms with van der Waals surface area (Å²) in [6.07, 6.45) is 4.37. The van der Waals surface area contributed by atoms with Crippen LogP contribution >= 0.6 is 23.2 Å². The van der Waals surface area contributed by atoms with Gasteiger partial charge in [-0.15, -0.1) is 0 Å². The molecule has 0 saturated carbocycles. The maximum Gasteiger partial charge on any atom is 0.222 e. The molecule has 1 aromatic rings. The second-order valence-electron chi connectivity index (χ2n) is 2.50. The van der Waals surface area contributed by atoms with Gasteiger partial charge in [0.2, 0.25) is 5.28 Å². The lowest BCUT2D eigenvalue weighted by molar-refractivity contribution is 1.11. The third-order valence-corrected chi connectivity index (χ3v) is 2.21.